The van der Waals surface area contributed by atoms with E-state index in [1.807, 2.05) is 6.92 Å². The van der Waals surface area contributed by atoms with Gasteiger partial charge in [-0.25, -0.2) is 0 Å². The number of nitrogens with two attached hydrogens (primary N) is 1. The topological polar surface area (TPSA) is 83.6 Å². The van der Waals surface area contributed by atoms with Crippen LogP contribution < -0.4 is 5.73 Å². The molecule has 0 radical (unpaired) electrons. The van der Waals surface area contributed by atoms with Gasteiger partial charge >= 0.3 is 5.97 Å². The number of hydrogen-bond acceptors (Lipinski definition) is 3. The number of carboxylic acids is 1. The highest BCUT2D eigenvalue weighted by Crippen LogP contribution is 2.34. The summed E-state index contributed by atoms with van der Waals surface area (Å²) in [5.74, 6) is -0.983. The number of likely N-dealkylation sites (tertiary alicyclic amines) is 1. The van der Waals surface area contributed by atoms with E-state index in [1.165, 1.54) is 0 Å². The lowest BCUT2D eigenvalue weighted by molar-refractivity contribution is -0.156. The lowest BCUT2D eigenvalue weighted by Crippen LogP contribution is -2.57. The average molecular weight is 242 g/mol. The number of carbonyl (C=O) groups is 2. The van der Waals surface area contributed by atoms with Gasteiger partial charge in [-0.15, -0.1) is 0 Å². The molecule has 98 valence electrons. The lowest BCUT2D eigenvalue weighted by Gasteiger charge is -2.41. The molecule has 3 N–H and O–H groups in total. The number of piperidine rings is 1. The van der Waals surface area contributed by atoms with Crippen LogP contribution in [0.3, 0.4) is 0 Å². The molecule has 0 aromatic carbocycles. The smallest absolute Gasteiger partial charge is 0.311 e. The van der Waals surface area contributed by atoms with Crippen LogP contribution in [0.25, 0.3) is 0 Å². The number of carboxylic acid groups (broad SMARTS) is 1. The third-order valence-corrected chi connectivity index (χ3v) is 3.55. The first-order valence-corrected chi connectivity index (χ1v) is 6.04. The fourth-order valence-corrected chi connectivity index (χ4v) is 2.33. The third-order valence-electron chi connectivity index (χ3n) is 3.55. The van der Waals surface area contributed by atoms with Crippen molar-refractivity contribution in [3.8, 4) is 0 Å². The molecule has 0 aromatic heterocycles. The van der Waals surface area contributed by atoms with Crippen molar-refractivity contribution in [2.45, 2.75) is 45.6 Å². The van der Waals surface area contributed by atoms with Gasteiger partial charge in [0.2, 0.25) is 5.91 Å². The summed E-state index contributed by atoms with van der Waals surface area (Å²) >= 11 is 0. The van der Waals surface area contributed by atoms with E-state index in [-0.39, 0.29) is 12.5 Å². The van der Waals surface area contributed by atoms with E-state index in [2.05, 4.69) is 0 Å². The van der Waals surface area contributed by atoms with Crippen LogP contribution in [0.5, 0.6) is 0 Å². The Morgan fingerprint density at radius 1 is 1.47 bits per heavy atom. The van der Waals surface area contributed by atoms with Crippen molar-refractivity contribution in [3.05, 3.63) is 0 Å². The number of nitrogens with zero attached hydrogens (tertiary/aromatic N) is 1. The van der Waals surface area contributed by atoms with Crippen LogP contribution in [0.2, 0.25) is 0 Å². The van der Waals surface area contributed by atoms with Gasteiger partial charge in [0.15, 0.2) is 0 Å². The van der Waals surface area contributed by atoms with Crippen LogP contribution in [0, 0.1) is 5.41 Å². The Bertz CT molecular complexity index is 322. The first-order valence-electron chi connectivity index (χ1n) is 6.04. The second-order valence-corrected chi connectivity index (χ2v) is 5.49. The molecule has 1 atom stereocenters. The molecule has 17 heavy (non-hydrogen) atoms. The van der Waals surface area contributed by atoms with E-state index < -0.39 is 16.9 Å². The molecule has 0 saturated carbocycles. The summed E-state index contributed by atoms with van der Waals surface area (Å²) in [4.78, 5) is 25.0. The summed E-state index contributed by atoms with van der Waals surface area (Å²) in [5, 5.41) is 9.32. The van der Waals surface area contributed by atoms with Gasteiger partial charge in [0, 0.05) is 13.1 Å². The zero-order valence-electron chi connectivity index (χ0n) is 10.8. The van der Waals surface area contributed by atoms with Crippen LogP contribution in [-0.2, 0) is 9.59 Å². The Kier molecular flexibility index (Phi) is 3.81. The molecule has 5 nitrogen and oxygen atoms in total. The van der Waals surface area contributed by atoms with E-state index in [0.29, 0.717) is 19.4 Å². The second kappa shape index (κ2) is 4.64. The summed E-state index contributed by atoms with van der Waals surface area (Å²) in [6.45, 7) is 6.04. The molecule has 5 heteroatoms. The van der Waals surface area contributed by atoms with E-state index in [4.69, 9.17) is 5.73 Å². The fourth-order valence-electron chi connectivity index (χ4n) is 2.33. The first-order chi connectivity index (χ1) is 7.73. The highest BCUT2D eigenvalue weighted by Gasteiger charge is 2.43. The van der Waals surface area contributed by atoms with Gasteiger partial charge in [0.05, 0.1) is 11.0 Å². The monoisotopic (exact) mass is 242 g/mol. The van der Waals surface area contributed by atoms with Gasteiger partial charge in [-0.3, -0.25) is 9.59 Å². The van der Waals surface area contributed by atoms with Crippen molar-refractivity contribution in [1.82, 2.24) is 4.90 Å². The molecule has 1 aliphatic heterocycles. The average Bonchev–Trinajstić information content (AvgIpc) is 2.26. The molecule has 0 bridgehead atoms. The Labute approximate surface area is 102 Å². The molecule has 1 aliphatic rings. The van der Waals surface area contributed by atoms with E-state index in [9.17, 15) is 14.7 Å². The standard InChI is InChI=1S/C12H22N2O3/c1-4-12(10(16)17)6-5-7-14(8-12)9(15)11(2,3)13/h4-8,13H2,1-3H3,(H,16,17). The predicted octanol–water partition coefficient (Wildman–Crippen LogP) is 0.827. The normalized spacial score (nSPS) is 25.8. The SMILES string of the molecule is CCC1(C(=O)O)CCCN(C(=O)C(C)(C)N)C1. The van der Waals surface area contributed by atoms with Crippen LogP contribution in [-0.4, -0.2) is 40.5 Å². The highest BCUT2D eigenvalue weighted by atomic mass is 16.4. The fraction of sp³-hybridized carbons (Fsp3) is 0.833. The van der Waals surface area contributed by atoms with E-state index in [1.54, 1.807) is 18.7 Å². The molecular formula is C12H22N2O3. The maximum Gasteiger partial charge on any atom is 0.311 e. The first kappa shape index (κ1) is 14.0. The number of hydrogen-bond donors (Lipinski definition) is 2. The maximum absolute atomic E-state index is 12.1. The molecule has 1 rings (SSSR count). The van der Waals surface area contributed by atoms with Gasteiger partial charge in [0.1, 0.15) is 0 Å². The Morgan fingerprint density at radius 2 is 2.06 bits per heavy atom. The Balaban J connectivity index is 2.86. The van der Waals surface area contributed by atoms with Crippen molar-refractivity contribution in [2.75, 3.05) is 13.1 Å². The van der Waals surface area contributed by atoms with Crippen LogP contribution in [0.4, 0.5) is 0 Å². The van der Waals surface area contributed by atoms with Crippen LogP contribution >= 0.6 is 0 Å². The predicted molar refractivity (Wildman–Crippen MR) is 64.4 cm³/mol. The molecule has 1 heterocycles. The maximum atomic E-state index is 12.1. The quantitative estimate of drug-likeness (QED) is 0.767. The van der Waals surface area contributed by atoms with Crippen molar-refractivity contribution in [1.29, 1.82) is 0 Å². The summed E-state index contributed by atoms with van der Waals surface area (Å²) < 4.78 is 0. The summed E-state index contributed by atoms with van der Waals surface area (Å²) in [6.07, 6.45) is 1.90. The Morgan fingerprint density at radius 3 is 2.47 bits per heavy atom. The van der Waals surface area contributed by atoms with E-state index in [0.717, 1.165) is 6.42 Å². The minimum Gasteiger partial charge on any atom is -0.481 e. The minimum atomic E-state index is -0.935. The zero-order valence-corrected chi connectivity index (χ0v) is 10.8. The largest absolute Gasteiger partial charge is 0.481 e. The molecule has 1 unspecified atom stereocenters. The van der Waals surface area contributed by atoms with Gasteiger partial charge in [-0.05, 0) is 33.1 Å². The number of amides is 1. The molecular weight excluding hydrogens is 220 g/mol. The number of aliphatic carboxylic acids is 1. The lowest BCUT2D eigenvalue weighted by atomic mass is 9.77. The number of carbonyl (C=O) groups excluding carboxylic acids is 1. The van der Waals surface area contributed by atoms with Crippen molar-refractivity contribution in [2.24, 2.45) is 11.1 Å². The third kappa shape index (κ3) is 2.77. The van der Waals surface area contributed by atoms with Crippen molar-refractivity contribution >= 4 is 11.9 Å². The van der Waals surface area contributed by atoms with E-state index >= 15 is 0 Å². The highest BCUT2D eigenvalue weighted by molar-refractivity contribution is 5.86. The molecule has 1 saturated heterocycles. The number of rotatable bonds is 3. The second-order valence-electron chi connectivity index (χ2n) is 5.49. The van der Waals surface area contributed by atoms with Gasteiger partial charge in [-0.2, -0.15) is 0 Å². The van der Waals surface area contributed by atoms with Crippen LogP contribution in [0.15, 0.2) is 0 Å². The minimum absolute atomic E-state index is 0.170. The summed E-state index contributed by atoms with van der Waals surface area (Å²) in [6, 6.07) is 0. The van der Waals surface area contributed by atoms with Crippen LogP contribution in [0.1, 0.15) is 40.0 Å². The molecule has 0 aliphatic carbocycles. The molecule has 1 fully saturated rings. The van der Waals surface area contributed by atoms with Gasteiger partial charge in [-0.1, -0.05) is 6.92 Å². The van der Waals surface area contributed by atoms with Gasteiger partial charge in [0.25, 0.3) is 0 Å². The Hall–Kier alpha value is -1.10. The van der Waals surface area contributed by atoms with Gasteiger partial charge < -0.3 is 15.7 Å². The zero-order chi connectivity index (χ0) is 13.3. The van der Waals surface area contributed by atoms with Crippen molar-refractivity contribution < 1.29 is 14.7 Å². The summed E-state index contributed by atoms with van der Waals surface area (Å²) in [5.41, 5.74) is 4.05. The molecule has 0 spiro atoms. The molecule has 0 aromatic rings. The summed E-state index contributed by atoms with van der Waals surface area (Å²) in [7, 11) is 0. The van der Waals surface area contributed by atoms with Crippen molar-refractivity contribution in [3.63, 3.8) is 0 Å². The molecule has 1 amide bonds.